The van der Waals surface area contributed by atoms with Crippen LogP contribution in [0.25, 0.3) is 0 Å². The molecule has 4 rings (SSSR count). The van der Waals surface area contributed by atoms with Crippen molar-refractivity contribution in [1.82, 2.24) is 9.80 Å². The molecule has 0 aromatic carbocycles. The molecule has 4 fully saturated rings. The number of fused-ring (bicyclic) bond motifs is 1. The van der Waals surface area contributed by atoms with Gasteiger partial charge in [0.25, 0.3) is 0 Å². The van der Waals surface area contributed by atoms with Crippen LogP contribution >= 0.6 is 0 Å². The van der Waals surface area contributed by atoms with Gasteiger partial charge in [0.2, 0.25) is 11.8 Å². The molecule has 8 nitrogen and oxygen atoms in total. The van der Waals surface area contributed by atoms with Crippen LogP contribution in [-0.4, -0.2) is 81.8 Å². The van der Waals surface area contributed by atoms with E-state index >= 15 is 0 Å². The molecule has 1 aliphatic carbocycles. The fourth-order valence-electron chi connectivity index (χ4n) is 7.72. The van der Waals surface area contributed by atoms with Gasteiger partial charge in [-0.15, -0.1) is 13.2 Å². The summed E-state index contributed by atoms with van der Waals surface area (Å²) in [6.45, 7) is 13.8. The first-order valence-electron chi connectivity index (χ1n) is 14.5. The average Bonchev–Trinajstić information content (AvgIpc) is 3.43. The average molecular weight is 531 g/mol. The lowest BCUT2D eigenvalue weighted by molar-refractivity contribution is -0.164. The zero-order chi connectivity index (χ0) is 27.7. The van der Waals surface area contributed by atoms with E-state index in [2.05, 4.69) is 13.2 Å². The lowest BCUT2D eigenvalue weighted by Gasteiger charge is -2.42. The maximum atomic E-state index is 14.6. The van der Waals surface area contributed by atoms with Gasteiger partial charge in [0.05, 0.1) is 30.8 Å². The van der Waals surface area contributed by atoms with Gasteiger partial charge in [-0.2, -0.15) is 0 Å². The number of carbonyl (C=O) groups excluding carboxylic acids is 3. The van der Waals surface area contributed by atoms with Crippen molar-refractivity contribution in [2.75, 3.05) is 19.8 Å². The summed E-state index contributed by atoms with van der Waals surface area (Å²) in [6.07, 6.45) is 11.0. The predicted molar refractivity (Wildman–Crippen MR) is 144 cm³/mol. The van der Waals surface area contributed by atoms with Crippen LogP contribution in [0.4, 0.5) is 0 Å². The zero-order valence-electron chi connectivity index (χ0n) is 23.4. The molecule has 8 heteroatoms. The van der Waals surface area contributed by atoms with Gasteiger partial charge in [-0.3, -0.25) is 14.4 Å². The molecule has 38 heavy (non-hydrogen) atoms. The number of ether oxygens (including phenoxy) is 2. The van der Waals surface area contributed by atoms with Crippen LogP contribution in [-0.2, 0) is 23.9 Å². The Kier molecular flexibility index (Phi) is 8.72. The molecule has 3 saturated heterocycles. The molecule has 1 saturated carbocycles. The summed E-state index contributed by atoms with van der Waals surface area (Å²) in [7, 11) is 0. The minimum Gasteiger partial charge on any atom is -0.465 e. The Morgan fingerprint density at radius 3 is 2.58 bits per heavy atom. The zero-order valence-corrected chi connectivity index (χ0v) is 23.4. The Balaban J connectivity index is 1.75. The number of amides is 2. The third kappa shape index (κ3) is 4.51. The molecule has 2 bridgehead atoms. The highest BCUT2D eigenvalue weighted by Crippen LogP contribution is 2.65. The van der Waals surface area contributed by atoms with Crippen molar-refractivity contribution in [2.24, 2.45) is 17.8 Å². The van der Waals surface area contributed by atoms with Gasteiger partial charge in [-0.05, 0) is 51.4 Å². The van der Waals surface area contributed by atoms with Crippen LogP contribution in [0.15, 0.2) is 25.3 Å². The first-order chi connectivity index (χ1) is 18.2. The van der Waals surface area contributed by atoms with E-state index in [4.69, 9.17) is 9.47 Å². The second-order valence-corrected chi connectivity index (χ2v) is 11.9. The molecule has 7 atom stereocenters. The van der Waals surface area contributed by atoms with Crippen LogP contribution in [0.1, 0.15) is 78.6 Å². The maximum absolute atomic E-state index is 14.6. The monoisotopic (exact) mass is 530 g/mol. The van der Waals surface area contributed by atoms with Crippen LogP contribution in [0, 0.1) is 17.8 Å². The largest absolute Gasteiger partial charge is 0.465 e. The molecule has 1 spiro atoms. The van der Waals surface area contributed by atoms with Gasteiger partial charge in [0, 0.05) is 12.6 Å². The number of carbonyl (C=O) groups is 3. The number of rotatable bonds is 12. The number of aliphatic hydroxyl groups is 1. The van der Waals surface area contributed by atoms with Gasteiger partial charge in [0.15, 0.2) is 0 Å². The Morgan fingerprint density at radius 2 is 1.97 bits per heavy atom. The van der Waals surface area contributed by atoms with Crippen LogP contribution in [0.3, 0.4) is 0 Å². The number of hydrogen-bond donors (Lipinski definition) is 1. The fourth-order valence-corrected chi connectivity index (χ4v) is 7.72. The fraction of sp³-hybridized carbons (Fsp3) is 0.767. The SMILES string of the molecule is C=CCCCOC(=O)[C@H]1[C@H]2C(=O)N([C@@H](CC)CO)C(C(=O)N(CC=C)C3CCCCC3)C23CC(C)[C@]1(C)O3. The second kappa shape index (κ2) is 11.5. The van der Waals surface area contributed by atoms with Crippen LogP contribution in [0.5, 0.6) is 0 Å². The number of aliphatic hydroxyl groups excluding tert-OH is 1. The predicted octanol–water partition coefficient (Wildman–Crippen LogP) is 3.62. The summed E-state index contributed by atoms with van der Waals surface area (Å²) in [5.41, 5.74) is -2.04. The summed E-state index contributed by atoms with van der Waals surface area (Å²) >= 11 is 0. The molecule has 2 amide bonds. The number of esters is 1. The molecule has 4 aliphatic rings. The van der Waals surface area contributed by atoms with Crippen molar-refractivity contribution in [2.45, 2.75) is 108 Å². The third-order valence-electron chi connectivity index (χ3n) is 9.74. The minimum atomic E-state index is -1.14. The van der Waals surface area contributed by atoms with Gasteiger partial charge in [0.1, 0.15) is 17.6 Å². The minimum absolute atomic E-state index is 0.0516. The Labute approximate surface area is 227 Å². The summed E-state index contributed by atoms with van der Waals surface area (Å²) in [6, 6.07) is -1.36. The molecule has 212 valence electrons. The van der Waals surface area contributed by atoms with E-state index in [9.17, 15) is 19.5 Å². The van der Waals surface area contributed by atoms with Crippen LogP contribution in [0.2, 0.25) is 0 Å². The van der Waals surface area contributed by atoms with E-state index in [1.54, 1.807) is 17.1 Å². The van der Waals surface area contributed by atoms with E-state index < -0.39 is 41.1 Å². The molecule has 0 aromatic heterocycles. The summed E-state index contributed by atoms with van der Waals surface area (Å²) in [5, 5.41) is 10.3. The second-order valence-electron chi connectivity index (χ2n) is 11.9. The highest BCUT2D eigenvalue weighted by Gasteiger charge is 2.80. The van der Waals surface area contributed by atoms with E-state index in [0.717, 1.165) is 38.5 Å². The number of hydrogen-bond acceptors (Lipinski definition) is 6. The highest BCUT2D eigenvalue weighted by atomic mass is 16.6. The summed E-state index contributed by atoms with van der Waals surface area (Å²) in [4.78, 5) is 45.8. The highest BCUT2D eigenvalue weighted by molar-refractivity contribution is 5.99. The van der Waals surface area contributed by atoms with Gasteiger partial charge >= 0.3 is 5.97 Å². The van der Waals surface area contributed by atoms with Crippen molar-refractivity contribution >= 4 is 17.8 Å². The molecular weight excluding hydrogens is 484 g/mol. The standard InChI is InChI=1S/C30H46N2O6/c1-6-9-13-17-37-28(36)24-23-26(34)32(21(8-3)19-33)25(30(23)18-20(4)29(24,5)38-30)27(35)31(16-7-2)22-14-11-10-12-15-22/h6-7,20-25,33H,1-2,8-19H2,3-5H3/t20?,21-,23-,24+,25?,29-,30?/m0/s1. The normalized spacial score (nSPS) is 35.2. The quantitative estimate of drug-likeness (QED) is 0.235. The van der Waals surface area contributed by atoms with Gasteiger partial charge in [-0.25, -0.2) is 0 Å². The first kappa shape index (κ1) is 28.8. The molecule has 3 heterocycles. The van der Waals surface area contributed by atoms with Gasteiger partial charge < -0.3 is 24.4 Å². The molecule has 0 aromatic rings. The maximum Gasteiger partial charge on any atom is 0.312 e. The Morgan fingerprint density at radius 1 is 1.26 bits per heavy atom. The third-order valence-corrected chi connectivity index (χ3v) is 9.74. The Bertz CT molecular complexity index is 928. The Hall–Kier alpha value is -2.19. The molecular formula is C30H46N2O6. The van der Waals surface area contributed by atoms with Crippen molar-refractivity contribution in [1.29, 1.82) is 0 Å². The number of allylic oxidation sites excluding steroid dienone is 1. The molecule has 1 N–H and O–H groups in total. The van der Waals surface area contributed by atoms with E-state index in [1.165, 1.54) is 0 Å². The van der Waals surface area contributed by atoms with Crippen molar-refractivity contribution in [3.05, 3.63) is 25.3 Å². The number of nitrogens with zero attached hydrogens (tertiary/aromatic N) is 2. The van der Waals surface area contributed by atoms with E-state index in [0.29, 0.717) is 25.8 Å². The van der Waals surface area contributed by atoms with E-state index in [1.807, 2.05) is 25.7 Å². The van der Waals surface area contributed by atoms with Crippen molar-refractivity contribution in [3.63, 3.8) is 0 Å². The van der Waals surface area contributed by atoms with E-state index in [-0.39, 0.29) is 37.0 Å². The lowest BCUT2D eigenvalue weighted by Crippen LogP contribution is -2.60. The lowest BCUT2D eigenvalue weighted by atomic mass is 9.62. The van der Waals surface area contributed by atoms with Crippen molar-refractivity contribution < 1.29 is 29.0 Å². The summed E-state index contributed by atoms with van der Waals surface area (Å²) < 4.78 is 12.5. The molecule has 3 unspecified atom stereocenters. The number of likely N-dealkylation sites (tertiary alicyclic amines) is 1. The van der Waals surface area contributed by atoms with Crippen molar-refractivity contribution in [3.8, 4) is 0 Å². The number of unbranched alkanes of at least 4 members (excludes halogenated alkanes) is 1. The summed E-state index contributed by atoms with van der Waals surface area (Å²) in [5.74, 6) is -2.55. The molecule has 3 aliphatic heterocycles. The topological polar surface area (TPSA) is 96.4 Å². The van der Waals surface area contributed by atoms with Gasteiger partial charge in [-0.1, -0.05) is 45.3 Å². The van der Waals surface area contributed by atoms with Crippen LogP contribution < -0.4 is 0 Å². The smallest absolute Gasteiger partial charge is 0.312 e. The molecule has 0 radical (unpaired) electrons. The first-order valence-corrected chi connectivity index (χ1v) is 14.5.